The molecule has 2 aromatic carbocycles. The number of nitrogens with one attached hydrogen (secondary N) is 1. The molecule has 1 amide bonds. The summed E-state index contributed by atoms with van der Waals surface area (Å²) in [4.78, 5) is 30.6. The summed E-state index contributed by atoms with van der Waals surface area (Å²) in [6, 6.07) is 19.0. The molecule has 0 radical (unpaired) electrons. The van der Waals surface area contributed by atoms with Crippen LogP contribution in [0.1, 0.15) is 16.8 Å². The number of hydrogen-bond acceptors (Lipinski definition) is 5. The Morgan fingerprint density at radius 1 is 1.04 bits per heavy atom. The van der Waals surface area contributed by atoms with Gasteiger partial charge in [0.15, 0.2) is 6.61 Å². The number of hydrogen-bond donors (Lipinski definition) is 1. The summed E-state index contributed by atoms with van der Waals surface area (Å²) < 4.78 is 5.14. The molecule has 0 aliphatic carbocycles. The van der Waals surface area contributed by atoms with Gasteiger partial charge >= 0.3 is 5.97 Å². The summed E-state index contributed by atoms with van der Waals surface area (Å²) in [5.74, 6) is -0.868. The van der Waals surface area contributed by atoms with Crippen molar-refractivity contribution >= 4 is 28.5 Å². The molecule has 6 nitrogen and oxygen atoms in total. The van der Waals surface area contributed by atoms with Gasteiger partial charge in [-0.25, -0.2) is 4.79 Å². The van der Waals surface area contributed by atoms with Crippen LogP contribution in [-0.2, 0) is 9.53 Å². The second-order valence-corrected chi connectivity index (χ2v) is 6.42. The monoisotopic (exact) mass is 377 g/mol. The van der Waals surface area contributed by atoms with Crippen LogP contribution in [0.25, 0.3) is 10.9 Å². The third kappa shape index (κ3) is 5.07. The van der Waals surface area contributed by atoms with Crippen molar-refractivity contribution < 1.29 is 14.3 Å². The molecular weight excluding hydrogens is 354 g/mol. The van der Waals surface area contributed by atoms with E-state index < -0.39 is 5.97 Å². The van der Waals surface area contributed by atoms with E-state index in [-0.39, 0.29) is 12.5 Å². The number of carbonyl (C=O) groups excluding carboxylic acids is 2. The number of rotatable bonds is 8. The molecule has 0 spiro atoms. The van der Waals surface area contributed by atoms with Gasteiger partial charge in [-0.05, 0) is 30.7 Å². The summed E-state index contributed by atoms with van der Waals surface area (Å²) in [5, 5.41) is 3.63. The molecular formula is C22H23N3O3. The van der Waals surface area contributed by atoms with Crippen LogP contribution < -0.4 is 10.2 Å². The molecule has 28 heavy (non-hydrogen) atoms. The summed E-state index contributed by atoms with van der Waals surface area (Å²) in [6.07, 6.45) is 2.41. The number of pyridine rings is 1. The Hall–Kier alpha value is -3.41. The molecule has 0 saturated heterocycles. The van der Waals surface area contributed by atoms with Gasteiger partial charge in [-0.3, -0.25) is 9.78 Å². The van der Waals surface area contributed by atoms with Gasteiger partial charge in [0.25, 0.3) is 5.91 Å². The molecule has 6 heteroatoms. The van der Waals surface area contributed by atoms with Crippen LogP contribution in [0.2, 0.25) is 0 Å². The number of fused-ring (bicyclic) bond motifs is 1. The fraction of sp³-hybridized carbons (Fsp3) is 0.227. The minimum Gasteiger partial charge on any atom is -0.452 e. The fourth-order valence-electron chi connectivity index (χ4n) is 2.88. The third-order valence-electron chi connectivity index (χ3n) is 4.38. The minimum atomic E-state index is -0.553. The fourth-order valence-corrected chi connectivity index (χ4v) is 2.88. The smallest absolute Gasteiger partial charge is 0.340 e. The van der Waals surface area contributed by atoms with Crippen molar-refractivity contribution in [3.8, 4) is 0 Å². The Kier molecular flexibility index (Phi) is 6.57. The highest BCUT2D eigenvalue weighted by Crippen LogP contribution is 2.16. The first-order chi connectivity index (χ1) is 13.6. The van der Waals surface area contributed by atoms with E-state index in [4.69, 9.17) is 4.74 Å². The second-order valence-electron chi connectivity index (χ2n) is 6.42. The maximum Gasteiger partial charge on any atom is 0.340 e. The van der Waals surface area contributed by atoms with Gasteiger partial charge in [-0.2, -0.15) is 0 Å². The highest BCUT2D eigenvalue weighted by Gasteiger charge is 2.14. The Morgan fingerprint density at radius 3 is 2.64 bits per heavy atom. The van der Waals surface area contributed by atoms with E-state index in [1.807, 2.05) is 49.5 Å². The number of aromatic nitrogens is 1. The normalized spacial score (nSPS) is 10.5. The largest absolute Gasteiger partial charge is 0.452 e. The zero-order valence-corrected chi connectivity index (χ0v) is 15.8. The molecule has 1 heterocycles. The lowest BCUT2D eigenvalue weighted by molar-refractivity contribution is -0.124. The summed E-state index contributed by atoms with van der Waals surface area (Å²) in [5.41, 5.74) is 2.06. The van der Waals surface area contributed by atoms with Gasteiger partial charge in [-0.1, -0.05) is 36.4 Å². The lowest BCUT2D eigenvalue weighted by atomic mass is 10.1. The quantitative estimate of drug-likeness (QED) is 0.483. The molecule has 0 unspecified atom stereocenters. The highest BCUT2D eigenvalue weighted by atomic mass is 16.5. The van der Waals surface area contributed by atoms with Crippen molar-refractivity contribution in [1.29, 1.82) is 0 Å². The number of anilines is 1. The zero-order valence-electron chi connectivity index (χ0n) is 15.8. The summed E-state index contributed by atoms with van der Waals surface area (Å²) >= 11 is 0. The average molecular weight is 377 g/mol. The maximum atomic E-state index is 12.3. The van der Waals surface area contributed by atoms with E-state index in [2.05, 4.69) is 15.2 Å². The number of amides is 1. The Bertz CT molecular complexity index is 939. The molecule has 0 atom stereocenters. The predicted molar refractivity (Wildman–Crippen MR) is 109 cm³/mol. The first kappa shape index (κ1) is 19.4. The molecule has 0 saturated carbocycles. The Labute approximate surface area is 164 Å². The molecule has 0 bridgehead atoms. The van der Waals surface area contributed by atoms with Crippen LogP contribution in [0, 0.1) is 0 Å². The average Bonchev–Trinajstić information content (AvgIpc) is 2.75. The van der Waals surface area contributed by atoms with E-state index in [1.165, 1.54) is 0 Å². The highest BCUT2D eigenvalue weighted by molar-refractivity contribution is 6.03. The molecule has 0 aliphatic rings. The van der Waals surface area contributed by atoms with Gasteiger partial charge in [-0.15, -0.1) is 0 Å². The minimum absolute atomic E-state index is 0.309. The maximum absolute atomic E-state index is 12.3. The number of para-hydroxylation sites is 2. The van der Waals surface area contributed by atoms with Crippen molar-refractivity contribution in [2.45, 2.75) is 6.42 Å². The van der Waals surface area contributed by atoms with Crippen LogP contribution in [0.5, 0.6) is 0 Å². The van der Waals surface area contributed by atoms with Crippen LogP contribution >= 0.6 is 0 Å². The lowest BCUT2D eigenvalue weighted by Crippen LogP contribution is -2.31. The molecule has 0 fully saturated rings. The standard InChI is InChI=1S/C22H23N3O3/c1-25(18-10-3-2-4-11-18)15-7-14-23-20(26)16-28-22(27)19-12-5-8-17-9-6-13-24-21(17)19/h2-6,8-13H,7,14-16H2,1H3,(H,23,26). The zero-order chi connectivity index (χ0) is 19.8. The second kappa shape index (κ2) is 9.50. The summed E-state index contributed by atoms with van der Waals surface area (Å²) in [7, 11) is 2.01. The van der Waals surface area contributed by atoms with Gasteiger partial charge < -0.3 is 15.0 Å². The molecule has 3 rings (SSSR count). The van der Waals surface area contributed by atoms with Crippen molar-refractivity contribution in [1.82, 2.24) is 10.3 Å². The number of carbonyl (C=O) groups is 2. The lowest BCUT2D eigenvalue weighted by Gasteiger charge is -2.19. The van der Waals surface area contributed by atoms with Crippen LogP contribution in [0.3, 0.4) is 0 Å². The SMILES string of the molecule is CN(CCCNC(=O)COC(=O)c1cccc2cccnc12)c1ccccc1. The van der Waals surface area contributed by atoms with Crippen LogP contribution in [-0.4, -0.2) is 43.6 Å². The van der Waals surface area contributed by atoms with Crippen LogP contribution in [0.15, 0.2) is 66.9 Å². The van der Waals surface area contributed by atoms with Gasteiger partial charge in [0, 0.05) is 37.4 Å². The van der Waals surface area contributed by atoms with Crippen molar-refractivity contribution in [2.24, 2.45) is 0 Å². The summed E-state index contributed by atoms with van der Waals surface area (Å²) in [6.45, 7) is 1.02. The molecule has 144 valence electrons. The van der Waals surface area contributed by atoms with Crippen molar-refractivity contribution in [3.63, 3.8) is 0 Å². The molecule has 0 aliphatic heterocycles. The molecule has 1 N–H and O–H groups in total. The Morgan fingerprint density at radius 2 is 1.82 bits per heavy atom. The van der Waals surface area contributed by atoms with Gasteiger partial charge in [0.2, 0.25) is 0 Å². The number of ether oxygens (including phenoxy) is 1. The van der Waals surface area contributed by atoms with Crippen LogP contribution in [0.4, 0.5) is 5.69 Å². The van der Waals surface area contributed by atoms with E-state index in [0.717, 1.165) is 24.0 Å². The Balaban J connectivity index is 1.41. The van der Waals surface area contributed by atoms with E-state index in [0.29, 0.717) is 17.6 Å². The molecule has 3 aromatic rings. The van der Waals surface area contributed by atoms with Gasteiger partial charge in [0.1, 0.15) is 0 Å². The number of nitrogens with zero attached hydrogens (tertiary/aromatic N) is 2. The number of esters is 1. The first-order valence-electron chi connectivity index (χ1n) is 9.19. The third-order valence-corrected chi connectivity index (χ3v) is 4.38. The molecule has 1 aromatic heterocycles. The van der Waals surface area contributed by atoms with E-state index >= 15 is 0 Å². The van der Waals surface area contributed by atoms with E-state index in [9.17, 15) is 9.59 Å². The topological polar surface area (TPSA) is 71.5 Å². The van der Waals surface area contributed by atoms with Crippen molar-refractivity contribution in [2.75, 3.05) is 31.6 Å². The first-order valence-corrected chi connectivity index (χ1v) is 9.19. The van der Waals surface area contributed by atoms with Gasteiger partial charge in [0.05, 0.1) is 11.1 Å². The van der Waals surface area contributed by atoms with E-state index in [1.54, 1.807) is 24.4 Å². The number of benzene rings is 2. The van der Waals surface area contributed by atoms with Crippen molar-refractivity contribution in [3.05, 3.63) is 72.4 Å². The predicted octanol–water partition coefficient (Wildman–Crippen LogP) is 3.03.